The molecule has 0 saturated carbocycles. The highest BCUT2D eigenvalue weighted by molar-refractivity contribution is 6.00. The Balaban J connectivity index is 2.07. The molecule has 3 N–H and O–H groups in total. The van der Waals surface area contributed by atoms with Gasteiger partial charge in [0.25, 0.3) is 5.91 Å². The normalized spacial score (nSPS) is 12.6. The molecule has 8 nitrogen and oxygen atoms in total. The summed E-state index contributed by atoms with van der Waals surface area (Å²) < 4.78 is 5.50. The Labute approximate surface area is 255 Å². The number of carbonyl (C=O) groups excluding carboxylic acids is 3. The Bertz CT molecular complexity index is 1370. The predicted molar refractivity (Wildman–Crippen MR) is 170 cm³/mol. The number of nitrogens with one attached hydrogen (secondary N) is 2. The van der Waals surface area contributed by atoms with Crippen molar-refractivity contribution in [3.63, 3.8) is 0 Å². The van der Waals surface area contributed by atoms with Gasteiger partial charge in [-0.1, -0.05) is 68.4 Å². The lowest BCUT2D eigenvalue weighted by Gasteiger charge is -2.34. The molecule has 0 fully saturated rings. The van der Waals surface area contributed by atoms with Crippen LogP contribution < -0.4 is 10.6 Å². The van der Waals surface area contributed by atoms with E-state index in [0.717, 1.165) is 28.7 Å². The van der Waals surface area contributed by atoms with Crippen LogP contribution in [0, 0.1) is 13.8 Å². The van der Waals surface area contributed by atoms with Gasteiger partial charge in [-0.3, -0.25) is 9.59 Å². The van der Waals surface area contributed by atoms with E-state index in [2.05, 4.69) is 17.6 Å². The van der Waals surface area contributed by atoms with Gasteiger partial charge in [0, 0.05) is 18.7 Å². The Kier molecular flexibility index (Phi) is 11.4. The first-order valence-electron chi connectivity index (χ1n) is 14.9. The van der Waals surface area contributed by atoms with Gasteiger partial charge in [-0.25, -0.2) is 4.79 Å². The lowest BCUT2D eigenvalue weighted by atomic mass is 9.98. The summed E-state index contributed by atoms with van der Waals surface area (Å²) in [6, 6.07) is 18.0. The average Bonchev–Trinajstić information content (AvgIpc) is 2.94. The Morgan fingerprint density at radius 2 is 1.47 bits per heavy atom. The van der Waals surface area contributed by atoms with Gasteiger partial charge in [0.15, 0.2) is 0 Å². The number of anilines is 1. The summed E-state index contributed by atoms with van der Waals surface area (Å²) in [5, 5.41) is 15.6. The lowest BCUT2D eigenvalue weighted by Crippen LogP contribution is -2.53. The molecular formula is C35H45N3O5. The van der Waals surface area contributed by atoms with Crippen LogP contribution in [0.25, 0.3) is 0 Å². The molecule has 3 amide bonds. The minimum atomic E-state index is -1.03. The summed E-state index contributed by atoms with van der Waals surface area (Å²) in [5.74, 6) is -0.663. The van der Waals surface area contributed by atoms with Crippen molar-refractivity contribution >= 4 is 23.6 Å². The maximum atomic E-state index is 14.5. The second kappa shape index (κ2) is 14.7. The van der Waals surface area contributed by atoms with Crippen LogP contribution in [0.5, 0.6) is 5.75 Å². The van der Waals surface area contributed by atoms with E-state index >= 15 is 0 Å². The molecule has 0 bridgehead atoms. The van der Waals surface area contributed by atoms with Gasteiger partial charge in [-0.05, 0) is 87.4 Å². The number of rotatable bonds is 11. The molecule has 0 heterocycles. The summed E-state index contributed by atoms with van der Waals surface area (Å²) in [7, 11) is 0. The number of phenols is 1. The Morgan fingerprint density at radius 1 is 0.884 bits per heavy atom. The first kappa shape index (κ1) is 33.2. The maximum Gasteiger partial charge on any atom is 0.408 e. The van der Waals surface area contributed by atoms with Crippen LogP contribution in [0.15, 0.2) is 66.7 Å². The van der Waals surface area contributed by atoms with Crippen LogP contribution >= 0.6 is 0 Å². The molecule has 3 rings (SSSR count). The predicted octanol–water partition coefficient (Wildman–Crippen LogP) is 6.63. The minimum Gasteiger partial charge on any atom is -0.508 e. The van der Waals surface area contributed by atoms with Crippen LogP contribution in [0.3, 0.4) is 0 Å². The fourth-order valence-corrected chi connectivity index (χ4v) is 4.94. The van der Waals surface area contributed by atoms with Gasteiger partial charge < -0.3 is 25.4 Å². The van der Waals surface area contributed by atoms with Crippen molar-refractivity contribution in [1.82, 2.24) is 10.2 Å². The maximum absolute atomic E-state index is 14.5. The minimum absolute atomic E-state index is 0.0955. The highest BCUT2D eigenvalue weighted by Gasteiger charge is 2.36. The standard InChI is InChI=1S/C35H45N3O5/c1-8-21-38(33(41)29(36-34(42)43-35(5,6)7)22-26-15-19-28(39)20-16-26)31(27-17-13-25(9-2)14-18-27)32(40)37-30-23(3)11-10-12-24(30)4/h10-20,29,31,39H,8-9,21-22H2,1-7H3,(H,36,42)(H,37,40). The van der Waals surface area contributed by atoms with Crippen molar-refractivity contribution in [3.8, 4) is 5.75 Å². The highest BCUT2D eigenvalue weighted by atomic mass is 16.6. The van der Waals surface area contributed by atoms with Crippen molar-refractivity contribution in [2.24, 2.45) is 0 Å². The monoisotopic (exact) mass is 587 g/mol. The second-order valence-corrected chi connectivity index (χ2v) is 11.9. The van der Waals surface area contributed by atoms with E-state index in [1.807, 2.05) is 63.2 Å². The number of aryl methyl sites for hydroxylation is 3. The van der Waals surface area contributed by atoms with Crippen molar-refractivity contribution in [2.75, 3.05) is 11.9 Å². The summed E-state index contributed by atoms with van der Waals surface area (Å²) in [4.78, 5) is 43.1. The fourth-order valence-electron chi connectivity index (χ4n) is 4.94. The summed E-state index contributed by atoms with van der Waals surface area (Å²) >= 11 is 0. The number of aromatic hydroxyl groups is 1. The molecule has 0 aliphatic heterocycles. The molecule has 43 heavy (non-hydrogen) atoms. The third-order valence-corrected chi connectivity index (χ3v) is 7.11. The van der Waals surface area contributed by atoms with Crippen molar-refractivity contribution in [1.29, 1.82) is 0 Å². The Morgan fingerprint density at radius 3 is 2.00 bits per heavy atom. The van der Waals surface area contributed by atoms with E-state index in [1.54, 1.807) is 37.8 Å². The van der Waals surface area contributed by atoms with Crippen molar-refractivity contribution in [2.45, 2.75) is 85.4 Å². The zero-order valence-electron chi connectivity index (χ0n) is 26.4. The Hall–Kier alpha value is -4.33. The molecule has 0 radical (unpaired) electrons. The fraction of sp³-hybridized carbons (Fsp3) is 0.400. The topological polar surface area (TPSA) is 108 Å². The number of carbonyl (C=O) groups is 3. The molecule has 0 aromatic heterocycles. The molecule has 0 saturated heterocycles. The molecule has 3 aromatic carbocycles. The number of ether oxygens (including phenoxy) is 1. The summed E-state index contributed by atoms with van der Waals surface area (Å²) in [5.41, 5.74) is 4.28. The van der Waals surface area contributed by atoms with E-state index < -0.39 is 29.7 Å². The number of amides is 3. The van der Waals surface area contributed by atoms with Gasteiger partial charge >= 0.3 is 6.09 Å². The van der Waals surface area contributed by atoms with Crippen LogP contribution in [-0.2, 0) is 27.2 Å². The second-order valence-electron chi connectivity index (χ2n) is 11.9. The van der Waals surface area contributed by atoms with Gasteiger partial charge in [-0.15, -0.1) is 0 Å². The number of hydrogen-bond acceptors (Lipinski definition) is 5. The molecule has 0 aliphatic rings. The van der Waals surface area contributed by atoms with Crippen LogP contribution in [-0.4, -0.2) is 46.1 Å². The van der Waals surface area contributed by atoms with Gasteiger partial charge in [0.2, 0.25) is 5.91 Å². The van der Waals surface area contributed by atoms with Gasteiger partial charge in [-0.2, -0.15) is 0 Å². The highest BCUT2D eigenvalue weighted by Crippen LogP contribution is 2.28. The first-order valence-corrected chi connectivity index (χ1v) is 14.9. The largest absolute Gasteiger partial charge is 0.508 e. The lowest BCUT2D eigenvalue weighted by molar-refractivity contribution is -0.140. The number of nitrogens with zero attached hydrogens (tertiary/aromatic N) is 1. The van der Waals surface area contributed by atoms with Gasteiger partial charge in [0.05, 0.1) is 0 Å². The summed E-state index contributed by atoms with van der Waals surface area (Å²) in [6.45, 7) is 13.4. The van der Waals surface area contributed by atoms with Crippen molar-refractivity contribution in [3.05, 3.63) is 94.5 Å². The first-order chi connectivity index (χ1) is 20.3. The zero-order chi connectivity index (χ0) is 31.7. The molecule has 0 spiro atoms. The van der Waals surface area contributed by atoms with E-state index in [0.29, 0.717) is 17.7 Å². The summed E-state index contributed by atoms with van der Waals surface area (Å²) in [6.07, 6.45) is 0.832. The van der Waals surface area contributed by atoms with E-state index in [9.17, 15) is 19.5 Å². The number of benzene rings is 3. The molecule has 2 unspecified atom stereocenters. The number of para-hydroxylation sites is 1. The third kappa shape index (κ3) is 9.33. The number of alkyl carbamates (subject to hydrolysis) is 1. The van der Waals surface area contributed by atoms with E-state index in [1.165, 1.54) is 12.1 Å². The van der Waals surface area contributed by atoms with Crippen LogP contribution in [0.4, 0.5) is 10.5 Å². The number of hydrogen-bond donors (Lipinski definition) is 3. The quantitative estimate of drug-likeness (QED) is 0.234. The molecular weight excluding hydrogens is 542 g/mol. The van der Waals surface area contributed by atoms with Crippen LogP contribution in [0.2, 0.25) is 0 Å². The van der Waals surface area contributed by atoms with E-state index in [4.69, 9.17) is 4.74 Å². The van der Waals surface area contributed by atoms with Crippen LogP contribution in [0.1, 0.15) is 74.9 Å². The zero-order valence-corrected chi connectivity index (χ0v) is 26.4. The molecule has 230 valence electrons. The third-order valence-electron chi connectivity index (χ3n) is 7.11. The average molecular weight is 588 g/mol. The molecule has 0 aliphatic carbocycles. The van der Waals surface area contributed by atoms with Gasteiger partial charge in [0.1, 0.15) is 23.4 Å². The molecule has 2 atom stereocenters. The van der Waals surface area contributed by atoms with Crippen molar-refractivity contribution < 1.29 is 24.2 Å². The van der Waals surface area contributed by atoms with E-state index in [-0.39, 0.29) is 24.6 Å². The SMILES string of the molecule is CCCN(C(=O)C(Cc1ccc(O)cc1)NC(=O)OC(C)(C)C)C(C(=O)Nc1c(C)cccc1C)c1ccc(CC)cc1. The number of phenolic OH excluding ortho intramolecular Hbond substituents is 1. The smallest absolute Gasteiger partial charge is 0.408 e. The molecule has 8 heteroatoms. The molecule has 3 aromatic rings.